The standard InChI is InChI=1S/C15H16IN3O2/c1-10(19-7-8-21-15(19)20)14-17-13(9-18(14)2)11-3-5-12(16)6-4-11/h3-6,9-10H,7-8H2,1-2H3/t10-/m1/s1. The van der Waals surface area contributed by atoms with Gasteiger partial charge in [-0.1, -0.05) is 12.1 Å². The quantitative estimate of drug-likeness (QED) is 0.748. The minimum absolute atomic E-state index is 0.0948. The maximum atomic E-state index is 11.7. The third-order valence-corrected chi connectivity index (χ3v) is 4.40. The Bertz CT molecular complexity index is 666. The van der Waals surface area contributed by atoms with E-state index in [1.165, 1.54) is 3.57 Å². The van der Waals surface area contributed by atoms with Crippen molar-refractivity contribution in [1.29, 1.82) is 0 Å². The average molecular weight is 397 g/mol. The maximum absolute atomic E-state index is 11.7. The van der Waals surface area contributed by atoms with Gasteiger partial charge in [0.1, 0.15) is 12.4 Å². The number of hydrogen-bond acceptors (Lipinski definition) is 3. The Morgan fingerprint density at radius 3 is 2.67 bits per heavy atom. The van der Waals surface area contributed by atoms with Crippen LogP contribution >= 0.6 is 22.6 Å². The topological polar surface area (TPSA) is 47.4 Å². The van der Waals surface area contributed by atoms with E-state index in [2.05, 4.69) is 46.9 Å². The molecule has 0 radical (unpaired) electrons. The van der Waals surface area contributed by atoms with Crippen molar-refractivity contribution in [3.05, 3.63) is 39.9 Å². The molecule has 3 rings (SSSR count). The van der Waals surface area contributed by atoms with E-state index in [1.54, 1.807) is 4.90 Å². The lowest BCUT2D eigenvalue weighted by Gasteiger charge is -2.20. The van der Waals surface area contributed by atoms with E-state index in [4.69, 9.17) is 9.72 Å². The predicted octanol–water partition coefficient (Wildman–Crippen LogP) is 3.20. The molecule has 0 aliphatic carbocycles. The molecule has 110 valence electrons. The number of imidazole rings is 1. The van der Waals surface area contributed by atoms with Gasteiger partial charge < -0.3 is 9.30 Å². The van der Waals surface area contributed by atoms with Gasteiger partial charge in [0.05, 0.1) is 18.3 Å². The number of hydrogen-bond donors (Lipinski definition) is 0. The van der Waals surface area contributed by atoms with Gasteiger partial charge in [-0.2, -0.15) is 0 Å². The Morgan fingerprint density at radius 2 is 2.05 bits per heavy atom. The summed E-state index contributed by atoms with van der Waals surface area (Å²) in [4.78, 5) is 18.1. The molecule has 2 heterocycles. The second kappa shape index (κ2) is 5.67. The number of ether oxygens (including phenoxy) is 1. The Hall–Kier alpha value is -1.57. The molecule has 1 saturated heterocycles. The number of rotatable bonds is 3. The highest BCUT2D eigenvalue weighted by Gasteiger charge is 2.30. The van der Waals surface area contributed by atoms with Gasteiger partial charge in [-0.05, 0) is 41.6 Å². The number of halogens is 1. The second-order valence-electron chi connectivity index (χ2n) is 5.09. The molecule has 21 heavy (non-hydrogen) atoms. The number of amides is 1. The maximum Gasteiger partial charge on any atom is 0.410 e. The highest BCUT2D eigenvalue weighted by molar-refractivity contribution is 14.1. The van der Waals surface area contributed by atoms with Crippen molar-refractivity contribution < 1.29 is 9.53 Å². The van der Waals surface area contributed by atoms with E-state index >= 15 is 0 Å². The summed E-state index contributed by atoms with van der Waals surface area (Å²) in [6.45, 7) is 3.05. The van der Waals surface area contributed by atoms with Crippen LogP contribution < -0.4 is 0 Å². The summed E-state index contributed by atoms with van der Waals surface area (Å²) < 4.78 is 8.17. The Balaban J connectivity index is 1.90. The summed E-state index contributed by atoms with van der Waals surface area (Å²) in [5.74, 6) is 0.863. The van der Waals surface area contributed by atoms with Crippen LogP contribution in [0.2, 0.25) is 0 Å². The summed E-state index contributed by atoms with van der Waals surface area (Å²) in [6.07, 6.45) is 1.73. The van der Waals surface area contributed by atoms with Crippen LogP contribution in [0.25, 0.3) is 11.3 Å². The molecular weight excluding hydrogens is 381 g/mol. The van der Waals surface area contributed by atoms with Gasteiger partial charge in [0.15, 0.2) is 0 Å². The summed E-state index contributed by atoms with van der Waals surface area (Å²) in [5, 5.41) is 0. The smallest absolute Gasteiger partial charge is 0.410 e. The molecule has 0 unspecified atom stereocenters. The van der Waals surface area contributed by atoms with Gasteiger partial charge >= 0.3 is 6.09 Å². The molecule has 1 aliphatic heterocycles. The zero-order chi connectivity index (χ0) is 15.0. The van der Waals surface area contributed by atoms with E-state index in [1.807, 2.05) is 24.7 Å². The van der Waals surface area contributed by atoms with Gasteiger partial charge in [0.25, 0.3) is 0 Å². The molecule has 0 saturated carbocycles. The molecule has 1 aliphatic rings. The van der Waals surface area contributed by atoms with Gasteiger partial charge in [0, 0.05) is 22.4 Å². The molecule has 1 aromatic heterocycles. The van der Waals surface area contributed by atoms with Crippen molar-refractivity contribution >= 4 is 28.7 Å². The fourth-order valence-corrected chi connectivity index (χ4v) is 2.88. The summed E-state index contributed by atoms with van der Waals surface area (Å²) in [7, 11) is 1.95. The van der Waals surface area contributed by atoms with Crippen LogP contribution in [0.5, 0.6) is 0 Å². The van der Waals surface area contributed by atoms with Gasteiger partial charge in [-0.3, -0.25) is 4.90 Å². The molecule has 1 amide bonds. The van der Waals surface area contributed by atoms with Crippen molar-refractivity contribution in [1.82, 2.24) is 14.5 Å². The normalized spacial score (nSPS) is 16.1. The third-order valence-electron chi connectivity index (χ3n) is 3.69. The average Bonchev–Trinajstić information content (AvgIpc) is 3.05. The highest BCUT2D eigenvalue weighted by atomic mass is 127. The van der Waals surface area contributed by atoms with Crippen molar-refractivity contribution in [3.8, 4) is 11.3 Å². The molecule has 1 atom stereocenters. The fourth-order valence-electron chi connectivity index (χ4n) is 2.53. The Morgan fingerprint density at radius 1 is 1.33 bits per heavy atom. The van der Waals surface area contributed by atoms with E-state index in [0.717, 1.165) is 17.1 Å². The number of nitrogens with zero attached hydrogens (tertiary/aromatic N) is 3. The van der Waals surface area contributed by atoms with Crippen LogP contribution in [0.15, 0.2) is 30.5 Å². The van der Waals surface area contributed by atoms with Crippen molar-refractivity contribution in [2.24, 2.45) is 7.05 Å². The fraction of sp³-hybridized carbons (Fsp3) is 0.333. The number of carbonyl (C=O) groups excluding carboxylic acids is 1. The van der Waals surface area contributed by atoms with E-state index in [-0.39, 0.29) is 12.1 Å². The first kappa shape index (κ1) is 14.4. The number of cyclic esters (lactones) is 1. The van der Waals surface area contributed by atoms with E-state index < -0.39 is 0 Å². The van der Waals surface area contributed by atoms with Crippen LogP contribution in [0.4, 0.5) is 4.79 Å². The minimum Gasteiger partial charge on any atom is -0.448 e. The zero-order valence-corrected chi connectivity index (χ0v) is 14.1. The first-order valence-corrected chi connectivity index (χ1v) is 7.86. The van der Waals surface area contributed by atoms with Gasteiger partial charge in [-0.25, -0.2) is 9.78 Å². The summed E-state index contributed by atoms with van der Waals surface area (Å²) in [5.41, 5.74) is 2.00. The SMILES string of the molecule is C[C@H](c1nc(-c2ccc(I)cc2)cn1C)N1CCOC1=O. The lowest BCUT2D eigenvalue weighted by atomic mass is 10.2. The van der Waals surface area contributed by atoms with E-state index in [9.17, 15) is 4.79 Å². The largest absolute Gasteiger partial charge is 0.448 e. The first-order chi connectivity index (χ1) is 10.1. The van der Waals surface area contributed by atoms with Gasteiger partial charge in [-0.15, -0.1) is 0 Å². The number of benzene rings is 1. The Labute approximate surface area is 137 Å². The summed E-state index contributed by atoms with van der Waals surface area (Å²) in [6, 6.07) is 8.14. The van der Waals surface area contributed by atoms with Crippen molar-refractivity contribution in [3.63, 3.8) is 0 Å². The lowest BCUT2D eigenvalue weighted by molar-refractivity contribution is 0.148. The Kier molecular flexibility index (Phi) is 3.88. The molecule has 0 spiro atoms. The molecule has 1 aromatic carbocycles. The minimum atomic E-state index is -0.263. The number of aryl methyl sites for hydroxylation is 1. The molecule has 6 heteroatoms. The number of carbonyl (C=O) groups is 1. The lowest BCUT2D eigenvalue weighted by Crippen LogP contribution is -2.29. The van der Waals surface area contributed by atoms with Gasteiger partial charge in [0.2, 0.25) is 0 Å². The van der Waals surface area contributed by atoms with Crippen molar-refractivity contribution in [2.45, 2.75) is 13.0 Å². The number of aromatic nitrogens is 2. The van der Waals surface area contributed by atoms with Crippen LogP contribution in [0, 0.1) is 3.57 Å². The van der Waals surface area contributed by atoms with Crippen LogP contribution in [0.1, 0.15) is 18.8 Å². The molecule has 0 bridgehead atoms. The van der Waals surface area contributed by atoms with Crippen molar-refractivity contribution in [2.75, 3.05) is 13.2 Å². The second-order valence-corrected chi connectivity index (χ2v) is 6.33. The van der Waals surface area contributed by atoms with E-state index in [0.29, 0.717) is 13.2 Å². The zero-order valence-electron chi connectivity index (χ0n) is 11.9. The predicted molar refractivity (Wildman–Crippen MR) is 87.8 cm³/mol. The van der Waals surface area contributed by atoms with Crippen LogP contribution in [0.3, 0.4) is 0 Å². The molecular formula is C15H16IN3O2. The highest BCUT2D eigenvalue weighted by Crippen LogP contribution is 2.26. The summed E-state index contributed by atoms with van der Waals surface area (Å²) >= 11 is 2.28. The third kappa shape index (κ3) is 2.76. The molecule has 0 N–H and O–H groups in total. The monoisotopic (exact) mass is 397 g/mol. The first-order valence-electron chi connectivity index (χ1n) is 6.79. The molecule has 1 fully saturated rings. The van der Waals surface area contributed by atoms with Crippen LogP contribution in [-0.4, -0.2) is 33.7 Å². The van der Waals surface area contributed by atoms with Crippen LogP contribution in [-0.2, 0) is 11.8 Å². The molecule has 2 aromatic rings. The molecule has 5 nitrogen and oxygen atoms in total.